The minimum absolute atomic E-state index is 0.312. The van der Waals surface area contributed by atoms with Gasteiger partial charge in [-0.2, -0.15) is 0 Å². The molecule has 0 N–H and O–H groups in total. The summed E-state index contributed by atoms with van der Waals surface area (Å²) in [5.41, 5.74) is 2.20. The van der Waals surface area contributed by atoms with Gasteiger partial charge in [0.2, 0.25) is 0 Å². The van der Waals surface area contributed by atoms with Gasteiger partial charge in [-0.25, -0.2) is 0 Å². The molecule has 0 saturated carbocycles. The first-order chi connectivity index (χ1) is 19.0. The van der Waals surface area contributed by atoms with Gasteiger partial charge in [-0.05, 0) is 0 Å². The second-order valence-electron chi connectivity index (χ2n) is 10.1. The van der Waals surface area contributed by atoms with Crippen LogP contribution in [0.1, 0.15) is 43.4 Å². The third-order valence-corrected chi connectivity index (χ3v) is 14.2. The average Bonchev–Trinajstić information content (AvgIpc) is 2.99. The molecule has 1 aliphatic rings. The standard InChI is InChI=1S/C33H35ClNO3P/c1-3-4-24-33(25-26-14-8-5-9-15-26)31(27-20-22-28(34)23-21-27)38-39(33,35-32(36)37-2,29-16-10-6-11-17-29)30-18-12-7-13-19-30/h5-23,31H,3-4,24-25H2,1-2H3,(H,35,36)/p-1. The summed E-state index contributed by atoms with van der Waals surface area (Å²) in [6.45, 7) is -1.91. The molecule has 39 heavy (non-hydrogen) atoms. The van der Waals surface area contributed by atoms with E-state index in [1.165, 1.54) is 12.7 Å². The molecule has 2 unspecified atom stereocenters. The van der Waals surface area contributed by atoms with E-state index in [1.807, 2.05) is 66.7 Å². The van der Waals surface area contributed by atoms with Gasteiger partial charge in [-0.15, -0.1) is 0 Å². The van der Waals surface area contributed by atoms with Crippen molar-refractivity contribution in [2.45, 2.75) is 43.9 Å². The Hall–Kier alpha value is -3.17. The van der Waals surface area contributed by atoms with Crippen LogP contribution in [0.25, 0.3) is 0 Å². The Morgan fingerprint density at radius 3 is 1.92 bits per heavy atom. The van der Waals surface area contributed by atoms with Crippen molar-refractivity contribution in [2.75, 3.05) is 7.11 Å². The van der Waals surface area contributed by atoms with Gasteiger partial charge in [0.05, 0.1) is 0 Å². The van der Waals surface area contributed by atoms with E-state index >= 15 is 0 Å². The van der Waals surface area contributed by atoms with Gasteiger partial charge in [-0.1, -0.05) is 0 Å². The van der Waals surface area contributed by atoms with Gasteiger partial charge in [0.1, 0.15) is 0 Å². The van der Waals surface area contributed by atoms with Gasteiger partial charge in [0.15, 0.2) is 0 Å². The van der Waals surface area contributed by atoms with Gasteiger partial charge < -0.3 is 0 Å². The monoisotopic (exact) mass is 558 g/mol. The second-order valence-corrected chi connectivity index (χ2v) is 14.9. The van der Waals surface area contributed by atoms with E-state index < -0.39 is 18.2 Å². The topological polar surface area (TPSA) is 53.9 Å². The van der Waals surface area contributed by atoms with Gasteiger partial charge in [-0.3, -0.25) is 0 Å². The maximum absolute atomic E-state index is 13.4. The summed E-state index contributed by atoms with van der Waals surface area (Å²) in [5, 5.41) is 15.4. The minimum atomic E-state index is -4.10. The molecule has 0 amide bonds. The molecule has 2 atom stereocenters. The fourth-order valence-corrected chi connectivity index (χ4v) is 12.8. The average molecular weight is 559 g/mol. The van der Waals surface area contributed by atoms with Crippen molar-refractivity contribution in [3.8, 4) is 0 Å². The number of methoxy groups -OCH3 is 1. The van der Waals surface area contributed by atoms with E-state index in [1.54, 1.807) is 0 Å². The number of hydrogen-bond donors (Lipinski definition) is 0. The van der Waals surface area contributed by atoms with Gasteiger partial charge in [0, 0.05) is 0 Å². The summed E-state index contributed by atoms with van der Waals surface area (Å²) in [7, 11) is 1.39. The summed E-state index contributed by atoms with van der Waals surface area (Å²) in [6.07, 6.45) is 2.51. The third-order valence-electron chi connectivity index (χ3n) is 8.03. The zero-order valence-corrected chi connectivity index (χ0v) is 24.0. The van der Waals surface area contributed by atoms with Crippen LogP contribution in [-0.4, -0.2) is 18.3 Å². The Balaban J connectivity index is 1.93. The zero-order valence-electron chi connectivity index (χ0n) is 22.4. The number of nitrogens with zero attached hydrogens (tertiary/aromatic N) is 1. The van der Waals surface area contributed by atoms with Crippen LogP contribution in [0.3, 0.4) is 0 Å². The van der Waals surface area contributed by atoms with Crippen molar-refractivity contribution >= 4 is 35.3 Å². The molecular weight excluding hydrogens is 525 g/mol. The Labute approximate surface area is 236 Å². The van der Waals surface area contributed by atoms with Gasteiger partial charge >= 0.3 is 237 Å². The first-order valence-electron chi connectivity index (χ1n) is 13.4. The molecule has 1 aliphatic heterocycles. The van der Waals surface area contributed by atoms with Crippen molar-refractivity contribution in [3.05, 3.63) is 131 Å². The first-order valence-corrected chi connectivity index (χ1v) is 15.9. The molecule has 0 aromatic heterocycles. The molecule has 5 rings (SSSR count). The number of benzene rings is 4. The van der Waals surface area contributed by atoms with Crippen LogP contribution in [0.15, 0.2) is 120 Å². The summed E-state index contributed by atoms with van der Waals surface area (Å²) in [4.78, 5) is 0. The van der Waals surface area contributed by atoms with E-state index in [2.05, 4.69) is 55.5 Å². The summed E-state index contributed by atoms with van der Waals surface area (Å²) < 4.78 is 17.8. The zero-order chi connectivity index (χ0) is 27.4. The predicted octanol–water partition coefficient (Wildman–Crippen LogP) is 6.98. The molecule has 0 radical (unpaired) electrons. The summed E-state index contributed by atoms with van der Waals surface area (Å²) in [6, 6.07) is 38.6. The Morgan fingerprint density at radius 2 is 1.41 bits per heavy atom. The fraction of sp³-hybridized carbons (Fsp3) is 0.242. The second kappa shape index (κ2) is 11.1. The predicted molar refractivity (Wildman–Crippen MR) is 161 cm³/mol. The van der Waals surface area contributed by atoms with E-state index in [9.17, 15) is 5.11 Å². The van der Waals surface area contributed by atoms with Crippen LogP contribution < -0.4 is 15.7 Å². The first kappa shape index (κ1) is 27.4. The number of unbranched alkanes of at least 4 members (excludes halogenated alkanes) is 1. The molecule has 1 heterocycles. The number of halogens is 1. The van der Waals surface area contributed by atoms with E-state index in [0.29, 0.717) is 11.4 Å². The number of rotatable bonds is 9. The molecule has 0 bridgehead atoms. The van der Waals surface area contributed by atoms with Crippen molar-refractivity contribution in [1.29, 1.82) is 0 Å². The van der Waals surface area contributed by atoms with Crippen molar-refractivity contribution in [3.63, 3.8) is 0 Å². The molecule has 4 aromatic carbocycles. The Morgan fingerprint density at radius 1 is 0.872 bits per heavy atom. The Bertz CT molecular complexity index is 1370. The van der Waals surface area contributed by atoms with Gasteiger partial charge in [0.25, 0.3) is 0 Å². The van der Waals surface area contributed by atoms with Crippen molar-refractivity contribution < 1.29 is 14.4 Å². The summed E-state index contributed by atoms with van der Waals surface area (Å²) >= 11 is 6.31. The molecule has 1 saturated heterocycles. The molecule has 0 aliphatic carbocycles. The molecule has 202 valence electrons. The van der Waals surface area contributed by atoms with E-state index in [-0.39, 0.29) is 6.10 Å². The molecule has 0 spiro atoms. The normalized spacial score (nSPS) is 22.7. The molecule has 4 nitrogen and oxygen atoms in total. The maximum atomic E-state index is 13.4. The van der Waals surface area contributed by atoms with Crippen LogP contribution >= 0.6 is 18.6 Å². The van der Waals surface area contributed by atoms with Crippen LogP contribution in [-0.2, 0) is 15.7 Å². The number of hydrogen-bond acceptors (Lipinski definition) is 4. The third kappa shape index (κ3) is 4.36. The number of ether oxygens (including phenoxy) is 1. The van der Waals surface area contributed by atoms with Crippen LogP contribution in [0, 0.1) is 0 Å². The molecule has 6 heteroatoms. The van der Waals surface area contributed by atoms with E-state index in [0.717, 1.165) is 35.4 Å². The van der Waals surface area contributed by atoms with Crippen molar-refractivity contribution in [1.82, 2.24) is 0 Å². The molecule has 4 aromatic rings. The van der Waals surface area contributed by atoms with Crippen LogP contribution in [0.2, 0.25) is 5.02 Å². The Kier molecular flexibility index (Phi) is 7.82. The fourth-order valence-electron chi connectivity index (χ4n) is 6.31. The molecule has 1 fully saturated rings. The van der Waals surface area contributed by atoms with E-state index in [4.69, 9.17) is 25.6 Å². The SMILES string of the molecule is CCCCC1(Cc2ccccc2)C(c2ccc(Cl)cc2)OP1(N=C([O-])OC)(c1ccccc1)c1ccccc1. The van der Waals surface area contributed by atoms with Crippen molar-refractivity contribution in [2.24, 2.45) is 4.76 Å². The summed E-state index contributed by atoms with van der Waals surface area (Å²) in [5.74, 6) is 0. The van der Waals surface area contributed by atoms with Crippen LogP contribution in [0.5, 0.6) is 0 Å². The van der Waals surface area contributed by atoms with Crippen LogP contribution in [0.4, 0.5) is 0 Å². The molecular formula is C33H34ClNO3P-. The quantitative estimate of drug-likeness (QED) is 0.126.